The molecule has 6 nitrogen and oxygen atoms in total. The third-order valence-corrected chi connectivity index (χ3v) is 5.88. The molecule has 2 aliphatic heterocycles. The predicted molar refractivity (Wildman–Crippen MR) is 103 cm³/mol. The molecule has 1 fully saturated rings. The number of likely N-dealkylation sites (tertiary alicyclic amines) is 1. The molecule has 2 unspecified atom stereocenters. The van der Waals surface area contributed by atoms with Crippen molar-refractivity contribution in [3.05, 3.63) is 11.1 Å². The van der Waals surface area contributed by atoms with Crippen molar-refractivity contribution >= 4 is 28.6 Å². The molecule has 25 heavy (non-hydrogen) atoms. The second-order valence-electron chi connectivity index (χ2n) is 7.60. The van der Waals surface area contributed by atoms with Gasteiger partial charge in [0.05, 0.1) is 0 Å². The number of nitrogens with zero attached hydrogens (tertiary/aromatic N) is 4. The molecule has 2 atom stereocenters. The van der Waals surface area contributed by atoms with Gasteiger partial charge in [0.1, 0.15) is 0 Å². The zero-order chi connectivity index (χ0) is 17.8. The lowest BCUT2D eigenvalue weighted by Gasteiger charge is -2.34. The molecule has 1 saturated heterocycles. The number of thiazole rings is 1. The Morgan fingerprint density at radius 3 is 3.00 bits per heavy atom. The van der Waals surface area contributed by atoms with Crippen LogP contribution in [0.25, 0.3) is 0 Å². The number of anilines is 1. The number of hydrogen-bond donors (Lipinski definition) is 1. The highest BCUT2D eigenvalue weighted by molar-refractivity contribution is 7.15. The van der Waals surface area contributed by atoms with Crippen LogP contribution >= 0.6 is 11.3 Å². The lowest BCUT2D eigenvalue weighted by atomic mass is 9.96. The molecule has 2 aliphatic rings. The van der Waals surface area contributed by atoms with Crippen LogP contribution in [0.4, 0.5) is 5.13 Å². The van der Waals surface area contributed by atoms with Gasteiger partial charge in [-0.25, -0.2) is 4.98 Å². The summed E-state index contributed by atoms with van der Waals surface area (Å²) in [7, 11) is 0. The summed E-state index contributed by atoms with van der Waals surface area (Å²) in [4.78, 5) is 19.1. The zero-order valence-electron chi connectivity index (χ0n) is 15.4. The van der Waals surface area contributed by atoms with Gasteiger partial charge in [0.25, 0.3) is 0 Å². The third kappa shape index (κ3) is 5.25. The van der Waals surface area contributed by atoms with Crippen molar-refractivity contribution in [2.75, 3.05) is 31.5 Å². The maximum atomic E-state index is 11.1. The van der Waals surface area contributed by atoms with Crippen molar-refractivity contribution in [2.45, 2.75) is 40.2 Å². The molecule has 138 valence electrons. The van der Waals surface area contributed by atoms with Crippen molar-refractivity contribution in [1.82, 2.24) is 14.9 Å². The highest BCUT2D eigenvalue weighted by Gasteiger charge is 2.26. The number of carbonyl (C=O) groups is 1. The Kier molecular flexibility index (Phi) is 6.06. The third-order valence-electron chi connectivity index (χ3n) is 4.99. The summed E-state index contributed by atoms with van der Waals surface area (Å²) < 4.78 is 0. The van der Waals surface area contributed by atoms with Gasteiger partial charge in [-0.05, 0) is 31.2 Å². The summed E-state index contributed by atoms with van der Waals surface area (Å²) >= 11 is 1.57. The van der Waals surface area contributed by atoms with Gasteiger partial charge >= 0.3 is 0 Å². The molecule has 3 heterocycles. The van der Waals surface area contributed by atoms with Crippen molar-refractivity contribution in [2.24, 2.45) is 22.9 Å². The minimum Gasteiger partial charge on any atom is -0.302 e. The number of aromatic nitrogens is 1. The quantitative estimate of drug-likeness (QED) is 0.844. The summed E-state index contributed by atoms with van der Waals surface area (Å²) in [5.41, 5.74) is 0. The highest BCUT2D eigenvalue weighted by atomic mass is 32.1. The Labute approximate surface area is 154 Å². The van der Waals surface area contributed by atoms with Crippen molar-refractivity contribution in [1.29, 1.82) is 0 Å². The molecule has 7 heteroatoms. The summed E-state index contributed by atoms with van der Waals surface area (Å²) in [6.45, 7) is 11.4. The molecule has 0 saturated carbocycles. The fraction of sp³-hybridized carbons (Fsp3) is 0.722. The van der Waals surface area contributed by atoms with E-state index in [9.17, 15) is 4.79 Å². The van der Waals surface area contributed by atoms with Crippen LogP contribution in [0.2, 0.25) is 0 Å². The van der Waals surface area contributed by atoms with Gasteiger partial charge in [-0.2, -0.15) is 5.10 Å². The number of carbonyl (C=O) groups excluding carboxylic acids is 1. The standard InChI is InChI=1S/C18H29N5OS/c1-13(2)16-7-20-23(11-16)10-15-5-4-6-22(9-15)12-17-8-19-18(25-17)21-14(3)24/h7-8,13,15-16H,4-6,9-12H2,1-3H3,(H,19,21,24). The Morgan fingerprint density at radius 1 is 1.44 bits per heavy atom. The van der Waals surface area contributed by atoms with E-state index < -0.39 is 0 Å². The number of piperidine rings is 1. The highest BCUT2D eigenvalue weighted by Crippen LogP contribution is 2.25. The molecule has 0 bridgehead atoms. The molecule has 1 aromatic heterocycles. The number of hydrazone groups is 1. The van der Waals surface area contributed by atoms with Gasteiger partial charge in [-0.15, -0.1) is 11.3 Å². The van der Waals surface area contributed by atoms with Gasteiger partial charge in [0.15, 0.2) is 5.13 Å². The van der Waals surface area contributed by atoms with Crippen molar-refractivity contribution in [3.8, 4) is 0 Å². The van der Waals surface area contributed by atoms with Crippen LogP contribution in [0, 0.1) is 17.8 Å². The second kappa shape index (κ2) is 8.27. The first-order chi connectivity index (χ1) is 12.0. The Morgan fingerprint density at radius 2 is 2.28 bits per heavy atom. The van der Waals surface area contributed by atoms with Crippen LogP contribution in [0.5, 0.6) is 0 Å². The van der Waals surface area contributed by atoms with Crippen LogP contribution in [-0.4, -0.2) is 53.2 Å². The van der Waals surface area contributed by atoms with Gasteiger partial charge in [-0.1, -0.05) is 13.8 Å². The largest absolute Gasteiger partial charge is 0.302 e. The van der Waals surface area contributed by atoms with E-state index in [-0.39, 0.29) is 5.91 Å². The SMILES string of the molecule is CC(=O)Nc1ncc(CN2CCCC(CN3CC(C(C)C)C=N3)C2)s1. The monoisotopic (exact) mass is 363 g/mol. The average Bonchev–Trinajstić information content (AvgIpc) is 3.17. The van der Waals surface area contributed by atoms with Crippen LogP contribution in [0.1, 0.15) is 38.5 Å². The zero-order valence-corrected chi connectivity index (χ0v) is 16.3. The lowest BCUT2D eigenvalue weighted by Crippen LogP contribution is -2.39. The Bertz CT molecular complexity index is 614. The molecule has 1 aromatic rings. The van der Waals surface area contributed by atoms with E-state index in [0.29, 0.717) is 22.9 Å². The van der Waals surface area contributed by atoms with E-state index in [4.69, 9.17) is 0 Å². The number of rotatable bonds is 6. The van der Waals surface area contributed by atoms with Crippen LogP contribution in [0.3, 0.4) is 0 Å². The summed E-state index contributed by atoms with van der Waals surface area (Å²) in [6, 6.07) is 0. The number of hydrogen-bond acceptors (Lipinski definition) is 6. The molecule has 0 aromatic carbocycles. The molecular formula is C18H29N5OS. The van der Waals surface area contributed by atoms with Crippen LogP contribution in [0.15, 0.2) is 11.3 Å². The Balaban J connectivity index is 1.47. The van der Waals surface area contributed by atoms with E-state index in [2.05, 4.69) is 45.4 Å². The average molecular weight is 364 g/mol. The topological polar surface area (TPSA) is 60.8 Å². The molecule has 3 rings (SSSR count). The van der Waals surface area contributed by atoms with Gasteiger partial charge in [0, 0.05) is 56.3 Å². The predicted octanol–water partition coefficient (Wildman–Crippen LogP) is 2.89. The minimum absolute atomic E-state index is 0.0650. The summed E-state index contributed by atoms with van der Waals surface area (Å²) in [5, 5.41) is 10.3. The maximum absolute atomic E-state index is 11.1. The molecule has 0 aliphatic carbocycles. The van der Waals surface area contributed by atoms with E-state index >= 15 is 0 Å². The smallest absolute Gasteiger partial charge is 0.223 e. The molecule has 1 N–H and O–H groups in total. The van der Waals surface area contributed by atoms with Crippen molar-refractivity contribution < 1.29 is 4.79 Å². The van der Waals surface area contributed by atoms with Crippen LogP contribution in [-0.2, 0) is 11.3 Å². The van der Waals surface area contributed by atoms with Gasteiger partial charge < -0.3 is 5.32 Å². The minimum atomic E-state index is -0.0650. The first-order valence-electron chi connectivity index (χ1n) is 9.23. The molecule has 0 radical (unpaired) electrons. The molecule has 0 spiro atoms. The van der Waals surface area contributed by atoms with Gasteiger partial charge in [-0.3, -0.25) is 14.7 Å². The second-order valence-corrected chi connectivity index (χ2v) is 8.72. The summed E-state index contributed by atoms with van der Waals surface area (Å²) in [5.74, 6) is 1.88. The number of amides is 1. The maximum Gasteiger partial charge on any atom is 0.223 e. The molecular weight excluding hydrogens is 334 g/mol. The first-order valence-corrected chi connectivity index (χ1v) is 10.0. The fourth-order valence-corrected chi connectivity index (χ4v) is 4.47. The van der Waals surface area contributed by atoms with Gasteiger partial charge in [0.2, 0.25) is 5.91 Å². The first kappa shape index (κ1) is 18.3. The normalized spacial score (nSPS) is 24.2. The van der Waals surface area contributed by atoms with E-state index in [1.165, 1.54) is 24.6 Å². The fourth-order valence-electron chi connectivity index (χ4n) is 3.57. The molecule has 1 amide bonds. The van der Waals surface area contributed by atoms with E-state index in [1.54, 1.807) is 11.3 Å². The number of nitrogens with one attached hydrogen (secondary N) is 1. The lowest BCUT2D eigenvalue weighted by molar-refractivity contribution is -0.114. The van der Waals surface area contributed by atoms with E-state index in [0.717, 1.165) is 32.7 Å². The van der Waals surface area contributed by atoms with Crippen molar-refractivity contribution in [3.63, 3.8) is 0 Å². The summed E-state index contributed by atoms with van der Waals surface area (Å²) in [6.07, 6.45) is 6.55. The Hall–Kier alpha value is -1.47. The van der Waals surface area contributed by atoms with E-state index in [1.807, 2.05) is 6.20 Å². The van der Waals surface area contributed by atoms with Crippen LogP contribution < -0.4 is 5.32 Å².